The van der Waals surface area contributed by atoms with E-state index in [-0.39, 0.29) is 11.7 Å². The highest BCUT2D eigenvalue weighted by Crippen LogP contribution is 2.49. The van der Waals surface area contributed by atoms with Crippen LogP contribution in [-0.4, -0.2) is 31.2 Å². The Morgan fingerprint density at radius 2 is 1.91 bits per heavy atom. The van der Waals surface area contributed by atoms with Crippen molar-refractivity contribution < 1.29 is 4.79 Å². The van der Waals surface area contributed by atoms with E-state index >= 15 is 0 Å². The van der Waals surface area contributed by atoms with Crippen LogP contribution in [0.4, 0.5) is 11.4 Å². The van der Waals surface area contributed by atoms with Crippen molar-refractivity contribution in [1.82, 2.24) is 19.6 Å². The predicted molar refractivity (Wildman–Crippen MR) is 136 cm³/mol. The molecule has 0 spiro atoms. The maximum Gasteiger partial charge on any atom is 0.242 e. The summed E-state index contributed by atoms with van der Waals surface area (Å²) in [6, 6.07) is 13.6. The molecule has 0 N–H and O–H groups in total. The number of thiophene rings is 1. The van der Waals surface area contributed by atoms with Gasteiger partial charge in [0.1, 0.15) is 11.2 Å². The van der Waals surface area contributed by atoms with Gasteiger partial charge in [0, 0.05) is 19.7 Å². The minimum Gasteiger partial charge on any atom is -0.278 e. The van der Waals surface area contributed by atoms with Crippen molar-refractivity contribution in [3.63, 3.8) is 0 Å². The van der Waals surface area contributed by atoms with Crippen LogP contribution in [0.3, 0.4) is 0 Å². The monoisotopic (exact) mass is 509 g/mol. The molecule has 1 aliphatic heterocycles. The lowest BCUT2D eigenvalue weighted by molar-refractivity contribution is -0.115. The van der Waals surface area contributed by atoms with Crippen LogP contribution in [-0.2, 0) is 4.79 Å². The number of hydrogen-bond donors (Lipinski definition) is 0. The van der Waals surface area contributed by atoms with Crippen LogP contribution in [0.15, 0.2) is 63.7 Å². The molecule has 10 heteroatoms. The topological polar surface area (TPSA) is 63.4 Å². The molecule has 4 heterocycles. The van der Waals surface area contributed by atoms with Crippen molar-refractivity contribution in [2.24, 2.45) is 0 Å². The van der Waals surface area contributed by atoms with Gasteiger partial charge in [0.25, 0.3) is 0 Å². The Balaban J connectivity index is 1.34. The summed E-state index contributed by atoms with van der Waals surface area (Å²) >= 11 is 10.9. The number of aryl methyl sites for hydroxylation is 2. The molecule has 0 radical (unpaired) electrons. The average molecular weight is 510 g/mol. The molecule has 5 aromatic rings. The SMILES string of the molecule is Cc1sc2ncn3c(SCC(=O)N4c5ccccc5Sc5ccc(Cl)cc54)nnc3c2c1C. The summed E-state index contributed by atoms with van der Waals surface area (Å²) < 4.78 is 1.87. The highest BCUT2D eigenvalue weighted by Gasteiger charge is 2.28. The maximum atomic E-state index is 13.5. The molecular weight excluding hydrogens is 494 g/mol. The number of thioether (sulfide) groups is 1. The molecule has 0 fully saturated rings. The van der Waals surface area contributed by atoms with E-state index in [0.29, 0.717) is 10.2 Å². The van der Waals surface area contributed by atoms with Crippen LogP contribution in [0, 0.1) is 13.8 Å². The van der Waals surface area contributed by atoms with E-state index in [1.165, 1.54) is 22.2 Å². The Bertz CT molecular complexity index is 1580. The van der Waals surface area contributed by atoms with E-state index in [9.17, 15) is 4.79 Å². The lowest BCUT2D eigenvalue weighted by Crippen LogP contribution is -2.30. The summed E-state index contributed by atoms with van der Waals surface area (Å²) in [6.07, 6.45) is 1.74. The number of fused-ring (bicyclic) bond motifs is 5. The fourth-order valence-corrected chi connectivity index (χ4v) is 6.86. The summed E-state index contributed by atoms with van der Waals surface area (Å²) in [4.78, 5) is 24.1. The zero-order valence-corrected chi connectivity index (χ0v) is 20.8. The molecule has 0 saturated carbocycles. The highest BCUT2D eigenvalue weighted by atomic mass is 35.5. The van der Waals surface area contributed by atoms with Crippen molar-refractivity contribution in [3.05, 3.63) is 64.3 Å². The standard InChI is InChI=1S/C23H16ClN5OS3/c1-12-13(2)32-22-20(12)21-26-27-23(28(21)11-25-22)31-10-19(30)29-15-5-3-4-6-17(15)33-18-8-7-14(24)9-16(18)29/h3-9,11H,10H2,1-2H3. The molecule has 2 aromatic carbocycles. The Labute approximate surface area is 207 Å². The Morgan fingerprint density at radius 3 is 2.79 bits per heavy atom. The third kappa shape index (κ3) is 3.42. The van der Waals surface area contributed by atoms with Crippen molar-refractivity contribution >= 4 is 79.6 Å². The largest absolute Gasteiger partial charge is 0.278 e. The van der Waals surface area contributed by atoms with Crippen LogP contribution >= 0.6 is 46.5 Å². The second-order valence-corrected chi connectivity index (χ2v) is 11.2. The van der Waals surface area contributed by atoms with E-state index in [1.54, 1.807) is 34.3 Å². The second-order valence-electron chi connectivity index (χ2n) is 7.58. The average Bonchev–Trinajstić information content (AvgIpc) is 3.36. The number of benzene rings is 2. The fourth-order valence-electron chi connectivity index (χ4n) is 3.91. The number of anilines is 2. The minimum absolute atomic E-state index is 0.0513. The van der Waals surface area contributed by atoms with Crippen molar-refractivity contribution in [1.29, 1.82) is 0 Å². The lowest BCUT2D eigenvalue weighted by atomic mass is 10.2. The van der Waals surface area contributed by atoms with Crippen LogP contribution < -0.4 is 4.90 Å². The molecule has 1 aliphatic rings. The third-order valence-electron chi connectivity index (χ3n) is 5.61. The van der Waals surface area contributed by atoms with E-state index in [4.69, 9.17) is 11.6 Å². The first-order valence-corrected chi connectivity index (χ1v) is 13.1. The number of rotatable bonds is 3. The van der Waals surface area contributed by atoms with E-state index in [1.807, 2.05) is 46.9 Å². The third-order valence-corrected chi connectivity index (χ3v) is 9.02. The first-order valence-electron chi connectivity index (χ1n) is 10.1. The Kier molecular flexibility index (Phi) is 5.10. The summed E-state index contributed by atoms with van der Waals surface area (Å²) in [5.41, 5.74) is 3.61. The maximum absolute atomic E-state index is 13.5. The normalized spacial score (nSPS) is 12.9. The van der Waals surface area contributed by atoms with Gasteiger partial charge in [0.2, 0.25) is 5.91 Å². The number of para-hydroxylation sites is 1. The number of aromatic nitrogens is 4. The second kappa shape index (κ2) is 8.02. The van der Waals surface area contributed by atoms with Crippen LogP contribution in [0.2, 0.25) is 5.02 Å². The molecule has 0 saturated heterocycles. The smallest absolute Gasteiger partial charge is 0.242 e. The Hall–Kier alpha value is -2.59. The van der Waals surface area contributed by atoms with Gasteiger partial charge in [-0.1, -0.05) is 47.3 Å². The molecule has 33 heavy (non-hydrogen) atoms. The van der Waals surface area contributed by atoms with Crippen LogP contribution in [0.5, 0.6) is 0 Å². The van der Waals surface area contributed by atoms with Crippen molar-refractivity contribution in [3.8, 4) is 0 Å². The molecule has 0 unspecified atom stereocenters. The molecule has 164 valence electrons. The van der Waals surface area contributed by atoms with Gasteiger partial charge in [-0.2, -0.15) is 0 Å². The number of halogens is 1. The molecule has 1 amide bonds. The van der Waals surface area contributed by atoms with Gasteiger partial charge in [0.15, 0.2) is 10.8 Å². The predicted octanol–water partition coefficient (Wildman–Crippen LogP) is 6.53. The zero-order valence-electron chi connectivity index (χ0n) is 17.6. The van der Waals surface area contributed by atoms with Gasteiger partial charge >= 0.3 is 0 Å². The lowest BCUT2D eigenvalue weighted by Gasteiger charge is -2.31. The molecule has 6 rings (SSSR count). The molecule has 0 bridgehead atoms. The highest BCUT2D eigenvalue weighted by molar-refractivity contribution is 8.00. The number of carbonyl (C=O) groups is 1. The number of nitrogens with zero attached hydrogens (tertiary/aromatic N) is 5. The van der Waals surface area contributed by atoms with Crippen molar-refractivity contribution in [2.45, 2.75) is 28.8 Å². The molecule has 0 atom stereocenters. The van der Waals surface area contributed by atoms with Gasteiger partial charge in [-0.05, 0) is 49.7 Å². The van der Waals surface area contributed by atoms with Gasteiger partial charge < -0.3 is 0 Å². The quantitative estimate of drug-likeness (QED) is 0.258. The molecular formula is C23H16ClN5OS3. The molecule has 6 nitrogen and oxygen atoms in total. The van der Waals surface area contributed by atoms with Crippen LogP contribution in [0.25, 0.3) is 15.9 Å². The van der Waals surface area contributed by atoms with E-state index in [0.717, 1.165) is 37.0 Å². The van der Waals surface area contributed by atoms with Gasteiger partial charge in [-0.15, -0.1) is 21.5 Å². The fraction of sp³-hybridized carbons (Fsp3) is 0.130. The van der Waals surface area contributed by atoms with Gasteiger partial charge in [-0.3, -0.25) is 14.1 Å². The molecule has 0 aliphatic carbocycles. The Morgan fingerprint density at radius 1 is 1.09 bits per heavy atom. The number of hydrogen-bond acceptors (Lipinski definition) is 7. The summed E-state index contributed by atoms with van der Waals surface area (Å²) in [6.45, 7) is 4.16. The van der Waals surface area contributed by atoms with E-state index in [2.05, 4.69) is 29.0 Å². The summed E-state index contributed by atoms with van der Waals surface area (Å²) in [7, 11) is 0. The van der Waals surface area contributed by atoms with E-state index < -0.39 is 0 Å². The van der Waals surface area contributed by atoms with Gasteiger partial charge in [0.05, 0.1) is 22.5 Å². The first kappa shape index (κ1) is 21.0. The minimum atomic E-state index is -0.0513. The summed E-state index contributed by atoms with van der Waals surface area (Å²) in [5.74, 6) is 0.149. The van der Waals surface area contributed by atoms with Crippen LogP contribution in [0.1, 0.15) is 10.4 Å². The van der Waals surface area contributed by atoms with Gasteiger partial charge in [-0.25, -0.2) is 4.98 Å². The zero-order chi connectivity index (χ0) is 22.7. The number of amides is 1. The molecule has 3 aromatic heterocycles. The summed E-state index contributed by atoms with van der Waals surface area (Å²) in [5, 5.41) is 11.0. The van der Waals surface area contributed by atoms with Crippen molar-refractivity contribution in [2.75, 3.05) is 10.7 Å². The first-order chi connectivity index (χ1) is 16.0. The number of carbonyl (C=O) groups excluding carboxylic acids is 1.